The van der Waals surface area contributed by atoms with Crippen molar-refractivity contribution in [1.29, 1.82) is 0 Å². The number of aliphatic hydroxyl groups is 1. The van der Waals surface area contributed by atoms with Crippen molar-refractivity contribution in [2.75, 3.05) is 27.0 Å². The Morgan fingerprint density at radius 2 is 2.25 bits per heavy atom. The molecule has 0 aliphatic rings. The van der Waals surface area contributed by atoms with Crippen LogP contribution in [0.5, 0.6) is 11.5 Å². The van der Waals surface area contributed by atoms with Crippen LogP contribution in [-0.4, -0.2) is 32.1 Å². The molecule has 4 heteroatoms. The van der Waals surface area contributed by atoms with Crippen LogP contribution in [0.4, 0.5) is 4.39 Å². The highest BCUT2D eigenvalue weighted by Crippen LogP contribution is 2.23. The average molecular weight is 224 g/mol. The normalized spacial score (nSPS) is 9.19. The van der Waals surface area contributed by atoms with E-state index in [1.807, 2.05) is 0 Å². The van der Waals surface area contributed by atoms with E-state index in [1.165, 1.54) is 0 Å². The highest BCUT2D eigenvalue weighted by atomic mass is 19.1. The zero-order chi connectivity index (χ0) is 11.8. The van der Waals surface area contributed by atoms with Crippen LogP contribution in [0.15, 0.2) is 18.2 Å². The van der Waals surface area contributed by atoms with E-state index in [1.54, 1.807) is 25.3 Å². The molecule has 0 spiro atoms. The Bertz CT molecular complexity index is 393. The zero-order valence-electron chi connectivity index (χ0n) is 9.00. The molecule has 1 N–H and O–H groups in total. The van der Waals surface area contributed by atoms with E-state index in [9.17, 15) is 4.39 Å². The van der Waals surface area contributed by atoms with Crippen LogP contribution in [0.2, 0.25) is 0 Å². The first-order chi connectivity index (χ1) is 7.81. The molecule has 1 aromatic carbocycles. The summed E-state index contributed by atoms with van der Waals surface area (Å²) in [7, 11) is 1.54. The third-order valence-electron chi connectivity index (χ3n) is 1.82. The maximum Gasteiger partial charge on any atom is 0.135 e. The Kier molecular flexibility index (Phi) is 5.17. The van der Waals surface area contributed by atoms with Crippen molar-refractivity contribution in [3.8, 4) is 23.3 Å². The fourth-order valence-electron chi connectivity index (χ4n) is 1.14. The molecule has 3 nitrogen and oxygen atoms in total. The number of rotatable bonds is 4. The van der Waals surface area contributed by atoms with E-state index in [4.69, 9.17) is 14.6 Å². The second kappa shape index (κ2) is 6.70. The monoisotopic (exact) mass is 224 g/mol. The lowest BCUT2D eigenvalue weighted by Gasteiger charge is -2.07. The Morgan fingerprint density at radius 3 is 2.88 bits per heavy atom. The molecule has 0 fully saturated rings. The number of methoxy groups -OCH3 is 1. The van der Waals surface area contributed by atoms with Crippen LogP contribution in [0.25, 0.3) is 0 Å². The summed E-state index contributed by atoms with van der Waals surface area (Å²) in [5.74, 6) is 6.35. The molecule has 16 heavy (non-hydrogen) atoms. The minimum atomic E-state index is -0.557. The van der Waals surface area contributed by atoms with E-state index in [0.717, 1.165) is 0 Å². The Balaban J connectivity index is 2.96. The van der Waals surface area contributed by atoms with Gasteiger partial charge in [-0.3, -0.25) is 0 Å². The number of benzene rings is 1. The summed E-state index contributed by atoms with van der Waals surface area (Å²) in [6, 6.07) is 5.05. The first-order valence-corrected chi connectivity index (χ1v) is 4.78. The first-order valence-electron chi connectivity index (χ1n) is 4.78. The molecule has 0 saturated heterocycles. The van der Waals surface area contributed by atoms with Gasteiger partial charge in [-0.15, -0.1) is 0 Å². The van der Waals surface area contributed by atoms with E-state index < -0.39 is 6.67 Å². The van der Waals surface area contributed by atoms with Crippen LogP contribution >= 0.6 is 0 Å². The molecule has 0 aliphatic carbocycles. The Morgan fingerprint density at radius 1 is 1.44 bits per heavy atom. The SMILES string of the molecule is COc1ccc(OCCF)c(C#CCO)c1. The van der Waals surface area contributed by atoms with Crippen molar-refractivity contribution < 1.29 is 19.0 Å². The predicted octanol–water partition coefficient (Wildman–Crippen LogP) is 1.39. The van der Waals surface area contributed by atoms with Crippen LogP contribution in [0.3, 0.4) is 0 Å². The van der Waals surface area contributed by atoms with Crippen LogP contribution in [0, 0.1) is 11.8 Å². The Labute approximate surface area is 93.8 Å². The zero-order valence-corrected chi connectivity index (χ0v) is 9.00. The fourth-order valence-corrected chi connectivity index (χ4v) is 1.14. The number of alkyl halides is 1. The third kappa shape index (κ3) is 3.44. The van der Waals surface area contributed by atoms with Crippen molar-refractivity contribution in [2.24, 2.45) is 0 Å². The van der Waals surface area contributed by atoms with Gasteiger partial charge in [-0.25, -0.2) is 4.39 Å². The van der Waals surface area contributed by atoms with E-state index in [0.29, 0.717) is 17.1 Å². The molecule has 0 atom stereocenters. The van der Waals surface area contributed by atoms with Gasteiger partial charge in [0.1, 0.15) is 31.4 Å². The standard InChI is InChI=1S/C12H13FO3/c1-15-11-4-5-12(16-8-6-13)10(9-11)3-2-7-14/h4-5,9,14H,6-8H2,1H3. The minimum absolute atomic E-state index is 0.0138. The summed E-state index contributed by atoms with van der Waals surface area (Å²) in [5.41, 5.74) is 0.571. The molecule has 1 rings (SSSR count). The quantitative estimate of drug-likeness (QED) is 0.785. The summed E-state index contributed by atoms with van der Waals surface area (Å²) < 4.78 is 22.2. The van der Waals surface area contributed by atoms with Crippen LogP contribution in [-0.2, 0) is 0 Å². The lowest BCUT2D eigenvalue weighted by Crippen LogP contribution is -2.00. The number of ether oxygens (including phenoxy) is 2. The van der Waals surface area contributed by atoms with Crippen molar-refractivity contribution >= 4 is 0 Å². The molecule has 1 aromatic rings. The van der Waals surface area contributed by atoms with Gasteiger partial charge in [0.2, 0.25) is 0 Å². The molecular weight excluding hydrogens is 211 g/mol. The lowest BCUT2D eigenvalue weighted by molar-refractivity contribution is 0.272. The topological polar surface area (TPSA) is 38.7 Å². The predicted molar refractivity (Wildman–Crippen MR) is 58.4 cm³/mol. The van der Waals surface area contributed by atoms with Gasteiger partial charge in [-0.2, -0.15) is 0 Å². The van der Waals surface area contributed by atoms with Crippen LogP contribution < -0.4 is 9.47 Å². The fraction of sp³-hybridized carbons (Fsp3) is 0.333. The van der Waals surface area contributed by atoms with Crippen molar-refractivity contribution in [2.45, 2.75) is 0 Å². The summed E-state index contributed by atoms with van der Waals surface area (Å²) in [5, 5.41) is 8.62. The van der Waals surface area contributed by atoms with Gasteiger partial charge in [0.25, 0.3) is 0 Å². The second-order valence-corrected chi connectivity index (χ2v) is 2.86. The Hall–Kier alpha value is -1.73. The maximum absolute atomic E-state index is 12.0. The number of aliphatic hydroxyl groups excluding tert-OH is 1. The lowest BCUT2D eigenvalue weighted by atomic mass is 10.2. The van der Waals surface area contributed by atoms with E-state index in [-0.39, 0.29) is 13.2 Å². The van der Waals surface area contributed by atoms with E-state index >= 15 is 0 Å². The number of halogens is 1. The van der Waals surface area contributed by atoms with Gasteiger partial charge in [0, 0.05) is 0 Å². The van der Waals surface area contributed by atoms with Gasteiger partial charge < -0.3 is 14.6 Å². The molecule has 0 bridgehead atoms. The van der Waals surface area contributed by atoms with Gasteiger partial charge >= 0.3 is 0 Å². The number of hydrogen-bond donors (Lipinski definition) is 1. The minimum Gasteiger partial charge on any atom is -0.497 e. The molecule has 0 aliphatic heterocycles. The maximum atomic E-state index is 12.0. The summed E-state index contributed by atoms with van der Waals surface area (Å²) in [4.78, 5) is 0. The summed E-state index contributed by atoms with van der Waals surface area (Å²) in [6.45, 7) is -0.807. The highest BCUT2D eigenvalue weighted by molar-refractivity contribution is 5.50. The van der Waals surface area contributed by atoms with E-state index in [2.05, 4.69) is 11.8 Å². The van der Waals surface area contributed by atoms with Crippen LogP contribution in [0.1, 0.15) is 5.56 Å². The summed E-state index contributed by atoms with van der Waals surface area (Å²) >= 11 is 0. The third-order valence-corrected chi connectivity index (χ3v) is 1.82. The molecule has 0 radical (unpaired) electrons. The van der Waals surface area contributed by atoms with Gasteiger partial charge in [-0.05, 0) is 18.2 Å². The first kappa shape index (κ1) is 12.3. The van der Waals surface area contributed by atoms with Gasteiger partial charge in [0.15, 0.2) is 0 Å². The largest absolute Gasteiger partial charge is 0.497 e. The molecule has 0 heterocycles. The molecule has 0 unspecified atom stereocenters. The second-order valence-electron chi connectivity index (χ2n) is 2.86. The highest BCUT2D eigenvalue weighted by Gasteiger charge is 2.03. The van der Waals surface area contributed by atoms with Gasteiger partial charge in [-0.1, -0.05) is 11.8 Å². The van der Waals surface area contributed by atoms with Crippen molar-refractivity contribution in [3.05, 3.63) is 23.8 Å². The number of hydrogen-bond acceptors (Lipinski definition) is 3. The molecule has 0 amide bonds. The average Bonchev–Trinajstić information content (AvgIpc) is 2.34. The molecule has 86 valence electrons. The molecular formula is C12H13FO3. The molecule has 0 aromatic heterocycles. The smallest absolute Gasteiger partial charge is 0.135 e. The summed E-state index contributed by atoms with van der Waals surface area (Å²) in [6.07, 6.45) is 0. The van der Waals surface area contributed by atoms with Crippen molar-refractivity contribution in [3.63, 3.8) is 0 Å². The van der Waals surface area contributed by atoms with Gasteiger partial charge in [0.05, 0.1) is 12.7 Å². The van der Waals surface area contributed by atoms with Crippen molar-refractivity contribution in [1.82, 2.24) is 0 Å². The molecule has 0 saturated carbocycles.